The van der Waals surface area contributed by atoms with Gasteiger partial charge in [-0.3, -0.25) is 4.79 Å². The van der Waals surface area contributed by atoms with Gasteiger partial charge in [0.25, 0.3) is 0 Å². The summed E-state index contributed by atoms with van der Waals surface area (Å²) in [6, 6.07) is 6.24. The lowest BCUT2D eigenvalue weighted by Gasteiger charge is -1.97. The fourth-order valence-electron chi connectivity index (χ4n) is 0.816. The SMILES string of the molecule is COC.COC(=O)c1ccc(C=O)cc1. The van der Waals surface area contributed by atoms with E-state index in [1.54, 1.807) is 38.5 Å². The van der Waals surface area contributed by atoms with Crippen molar-refractivity contribution in [3.05, 3.63) is 35.4 Å². The monoisotopic (exact) mass is 210 g/mol. The fraction of sp³-hybridized carbons (Fsp3) is 0.273. The predicted octanol–water partition coefficient (Wildman–Crippen LogP) is 1.55. The lowest BCUT2D eigenvalue weighted by atomic mass is 10.1. The third-order valence-electron chi connectivity index (χ3n) is 1.47. The molecule has 0 fully saturated rings. The number of carbonyl (C=O) groups excluding carboxylic acids is 2. The van der Waals surface area contributed by atoms with E-state index in [1.807, 2.05) is 0 Å². The maximum Gasteiger partial charge on any atom is 0.337 e. The van der Waals surface area contributed by atoms with Gasteiger partial charge in [-0.2, -0.15) is 0 Å². The van der Waals surface area contributed by atoms with Crippen LogP contribution in [0.5, 0.6) is 0 Å². The van der Waals surface area contributed by atoms with Crippen LogP contribution in [0.1, 0.15) is 20.7 Å². The minimum atomic E-state index is -0.396. The van der Waals surface area contributed by atoms with Gasteiger partial charge in [0.1, 0.15) is 6.29 Å². The molecule has 1 rings (SSSR count). The number of hydrogen-bond acceptors (Lipinski definition) is 4. The molecule has 0 amide bonds. The summed E-state index contributed by atoms with van der Waals surface area (Å²) in [6.07, 6.45) is 0.723. The van der Waals surface area contributed by atoms with E-state index in [-0.39, 0.29) is 0 Å². The fourth-order valence-corrected chi connectivity index (χ4v) is 0.816. The standard InChI is InChI=1S/C9H8O3.C2H6O/c1-12-9(11)8-4-2-7(6-10)3-5-8;1-3-2/h2-6H,1H3;1-2H3. The average Bonchev–Trinajstić information content (AvgIpc) is 2.29. The second-order valence-corrected chi connectivity index (χ2v) is 2.64. The largest absolute Gasteiger partial charge is 0.465 e. The number of methoxy groups -OCH3 is 2. The molecule has 0 aliphatic rings. The van der Waals surface area contributed by atoms with E-state index in [0.717, 1.165) is 6.29 Å². The van der Waals surface area contributed by atoms with Gasteiger partial charge >= 0.3 is 5.97 Å². The van der Waals surface area contributed by atoms with Gasteiger partial charge in [-0.1, -0.05) is 12.1 Å². The van der Waals surface area contributed by atoms with Gasteiger partial charge in [0.15, 0.2) is 0 Å². The molecule has 0 saturated carbocycles. The van der Waals surface area contributed by atoms with Crippen molar-refractivity contribution in [3.63, 3.8) is 0 Å². The van der Waals surface area contributed by atoms with Crippen LogP contribution in [0.25, 0.3) is 0 Å². The lowest BCUT2D eigenvalue weighted by molar-refractivity contribution is 0.0600. The van der Waals surface area contributed by atoms with Crippen LogP contribution in [0.2, 0.25) is 0 Å². The molecule has 0 heterocycles. The van der Waals surface area contributed by atoms with Gasteiger partial charge < -0.3 is 9.47 Å². The lowest BCUT2D eigenvalue weighted by Crippen LogP contribution is -2.00. The van der Waals surface area contributed by atoms with E-state index in [0.29, 0.717) is 11.1 Å². The van der Waals surface area contributed by atoms with Gasteiger partial charge in [-0.25, -0.2) is 4.79 Å². The minimum absolute atomic E-state index is 0.396. The Hall–Kier alpha value is -1.68. The predicted molar refractivity (Wildman–Crippen MR) is 56.1 cm³/mol. The summed E-state index contributed by atoms with van der Waals surface area (Å²) >= 11 is 0. The minimum Gasteiger partial charge on any atom is -0.465 e. The topological polar surface area (TPSA) is 52.6 Å². The van der Waals surface area contributed by atoms with Crippen LogP contribution in [0, 0.1) is 0 Å². The smallest absolute Gasteiger partial charge is 0.337 e. The van der Waals surface area contributed by atoms with E-state index in [2.05, 4.69) is 9.47 Å². The highest BCUT2D eigenvalue weighted by Crippen LogP contribution is 2.03. The Balaban J connectivity index is 0.000000583. The van der Waals surface area contributed by atoms with Crippen LogP contribution in [0.3, 0.4) is 0 Å². The first-order valence-corrected chi connectivity index (χ1v) is 4.23. The number of benzene rings is 1. The highest BCUT2D eigenvalue weighted by molar-refractivity contribution is 5.90. The van der Waals surface area contributed by atoms with Crippen LogP contribution in [0.4, 0.5) is 0 Å². The molecule has 0 saturated heterocycles. The molecule has 0 aromatic heterocycles. The molecule has 0 aliphatic heterocycles. The van der Waals surface area contributed by atoms with E-state index < -0.39 is 5.97 Å². The van der Waals surface area contributed by atoms with Crippen LogP contribution in [-0.2, 0) is 9.47 Å². The van der Waals surface area contributed by atoms with Crippen molar-refractivity contribution >= 4 is 12.3 Å². The summed E-state index contributed by atoms with van der Waals surface area (Å²) in [4.78, 5) is 21.1. The molecule has 0 N–H and O–H groups in total. The third-order valence-corrected chi connectivity index (χ3v) is 1.47. The number of carbonyl (C=O) groups is 2. The third kappa shape index (κ3) is 4.93. The van der Waals surface area contributed by atoms with Crippen LogP contribution in [-0.4, -0.2) is 33.6 Å². The normalized spacial score (nSPS) is 8.47. The summed E-state index contributed by atoms with van der Waals surface area (Å²) in [5, 5.41) is 0. The van der Waals surface area contributed by atoms with Crippen molar-refractivity contribution in [1.82, 2.24) is 0 Å². The summed E-state index contributed by atoms with van der Waals surface area (Å²) < 4.78 is 8.73. The molecule has 82 valence electrons. The van der Waals surface area contributed by atoms with Gasteiger partial charge in [0, 0.05) is 19.8 Å². The van der Waals surface area contributed by atoms with Crippen molar-refractivity contribution in [2.45, 2.75) is 0 Å². The molecule has 0 atom stereocenters. The quantitative estimate of drug-likeness (QED) is 0.549. The summed E-state index contributed by atoms with van der Waals surface area (Å²) in [6.45, 7) is 0. The number of aldehydes is 1. The molecule has 1 aromatic carbocycles. The number of hydrogen-bond donors (Lipinski definition) is 0. The first-order chi connectivity index (χ1) is 7.19. The highest BCUT2D eigenvalue weighted by Gasteiger charge is 2.02. The molecule has 0 spiro atoms. The summed E-state index contributed by atoms with van der Waals surface area (Å²) in [5.74, 6) is -0.396. The van der Waals surface area contributed by atoms with E-state index in [4.69, 9.17) is 0 Å². The second kappa shape index (κ2) is 7.70. The van der Waals surface area contributed by atoms with Gasteiger partial charge in [0.2, 0.25) is 0 Å². The van der Waals surface area contributed by atoms with Gasteiger partial charge in [-0.15, -0.1) is 0 Å². The van der Waals surface area contributed by atoms with Crippen LogP contribution in [0.15, 0.2) is 24.3 Å². The molecule has 1 aromatic rings. The molecule has 0 radical (unpaired) electrons. The van der Waals surface area contributed by atoms with E-state index in [1.165, 1.54) is 7.11 Å². The average molecular weight is 210 g/mol. The first-order valence-electron chi connectivity index (χ1n) is 4.23. The Morgan fingerprint density at radius 3 is 1.93 bits per heavy atom. The number of esters is 1. The Morgan fingerprint density at radius 1 is 1.13 bits per heavy atom. The molecule has 15 heavy (non-hydrogen) atoms. The zero-order chi connectivity index (χ0) is 11.7. The zero-order valence-corrected chi connectivity index (χ0v) is 9.02. The Labute approximate surface area is 88.8 Å². The molecular weight excluding hydrogens is 196 g/mol. The molecule has 0 bridgehead atoms. The van der Waals surface area contributed by atoms with Crippen LogP contribution >= 0.6 is 0 Å². The molecule has 4 nitrogen and oxygen atoms in total. The first kappa shape index (κ1) is 13.3. The zero-order valence-electron chi connectivity index (χ0n) is 9.02. The van der Waals surface area contributed by atoms with E-state index in [9.17, 15) is 9.59 Å². The van der Waals surface area contributed by atoms with Gasteiger partial charge in [0.05, 0.1) is 12.7 Å². The Kier molecular flexibility index (Phi) is 6.84. The van der Waals surface area contributed by atoms with Crippen molar-refractivity contribution in [3.8, 4) is 0 Å². The number of rotatable bonds is 2. The Bertz CT molecular complexity index is 303. The van der Waals surface area contributed by atoms with Crippen molar-refractivity contribution in [2.24, 2.45) is 0 Å². The van der Waals surface area contributed by atoms with Crippen molar-refractivity contribution in [2.75, 3.05) is 21.3 Å². The summed E-state index contributed by atoms with van der Waals surface area (Å²) in [7, 11) is 4.57. The van der Waals surface area contributed by atoms with Crippen molar-refractivity contribution < 1.29 is 19.1 Å². The molecule has 0 unspecified atom stereocenters. The maximum absolute atomic E-state index is 10.9. The van der Waals surface area contributed by atoms with Crippen LogP contribution < -0.4 is 0 Å². The maximum atomic E-state index is 10.9. The Morgan fingerprint density at radius 2 is 1.60 bits per heavy atom. The highest BCUT2D eigenvalue weighted by atomic mass is 16.5. The number of ether oxygens (including phenoxy) is 2. The van der Waals surface area contributed by atoms with E-state index >= 15 is 0 Å². The van der Waals surface area contributed by atoms with Gasteiger partial charge in [-0.05, 0) is 12.1 Å². The second-order valence-electron chi connectivity index (χ2n) is 2.64. The van der Waals surface area contributed by atoms with Crippen molar-refractivity contribution in [1.29, 1.82) is 0 Å². The molecular formula is C11H14O4. The molecule has 0 aliphatic carbocycles. The molecule has 4 heteroatoms. The summed E-state index contributed by atoms with van der Waals surface area (Å²) in [5.41, 5.74) is 0.991.